The Hall–Kier alpha value is -0.130. The van der Waals surface area contributed by atoms with Crippen LogP contribution in [0.15, 0.2) is 0 Å². The number of rotatable bonds is 9. The van der Waals surface area contributed by atoms with Crippen molar-refractivity contribution in [3.05, 3.63) is 0 Å². The smallest absolute Gasteiger partial charge is 0.151 e. The van der Waals surface area contributed by atoms with Gasteiger partial charge in [-0.15, -0.1) is 0 Å². The first-order valence-electron chi connectivity index (χ1n) is 6.27. The monoisotopic (exact) mass is 265 g/mol. The molecule has 1 atom stereocenters. The molecular weight excluding hydrogens is 238 g/mol. The summed E-state index contributed by atoms with van der Waals surface area (Å²) in [5.41, 5.74) is 0.0902. The zero-order chi connectivity index (χ0) is 13.5. The van der Waals surface area contributed by atoms with Crippen molar-refractivity contribution in [2.45, 2.75) is 46.6 Å². The number of hydrogen-bond acceptors (Lipinski definition) is 4. The van der Waals surface area contributed by atoms with Crippen LogP contribution in [0.3, 0.4) is 0 Å². The van der Waals surface area contributed by atoms with Gasteiger partial charge >= 0.3 is 0 Å². The third-order valence-corrected chi connectivity index (χ3v) is 4.77. The Morgan fingerprint density at radius 1 is 1.35 bits per heavy atom. The Labute approximate surface area is 106 Å². The molecule has 0 heterocycles. The molecule has 104 valence electrons. The largest absolute Gasteiger partial charge is 0.396 e. The summed E-state index contributed by atoms with van der Waals surface area (Å²) in [6.45, 7) is 8.80. The van der Waals surface area contributed by atoms with Gasteiger partial charge in [0.15, 0.2) is 9.84 Å². The lowest BCUT2D eigenvalue weighted by atomic mass is 9.88. The Morgan fingerprint density at radius 2 is 1.94 bits per heavy atom. The number of aliphatic hydroxyl groups is 1. The molecule has 0 aliphatic heterocycles. The average molecular weight is 265 g/mol. The minimum Gasteiger partial charge on any atom is -0.396 e. The van der Waals surface area contributed by atoms with Crippen LogP contribution in [0.5, 0.6) is 0 Å². The van der Waals surface area contributed by atoms with Crippen molar-refractivity contribution in [3.63, 3.8) is 0 Å². The number of hydrogen-bond donors (Lipinski definition) is 2. The third kappa shape index (κ3) is 8.57. The fourth-order valence-electron chi connectivity index (χ4n) is 1.65. The molecule has 2 N–H and O–H groups in total. The van der Waals surface area contributed by atoms with Crippen LogP contribution >= 0.6 is 0 Å². The van der Waals surface area contributed by atoms with E-state index in [0.29, 0.717) is 0 Å². The average Bonchev–Trinajstić information content (AvgIpc) is 2.23. The molecule has 0 rings (SSSR count). The summed E-state index contributed by atoms with van der Waals surface area (Å²) < 4.78 is 22.9. The third-order valence-electron chi connectivity index (χ3n) is 2.88. The molecule has 0 bridgehead atoms. The minimum atomic E-state index is -2.91. The summed E-state index contributed by atoms with van der Waals surface area (Å²) in [5.74, 6) is 0.395. The van der Waals surface area contributed by atoms with Crippen molar-refractivity contribution in [1.82, 2.24) is 5.32 Å². The number of sulfone groups is 1. The van der Waals surface area contributed by atoms with E-state index < -0.39 is 9.84 Å². The van der Waals surface area contributed by atoms with Gasteiger partial charge in [-0.1, -0.05) is 20.8 Å². The second-order valence-electron chi connectivity index (χ2n) is 5.47. The molecule has 5 heteroatoms. The van der Waals surface area contributed by atoms with Gasteiger partial charge in [-0.05, 0) is 25.2 Å². The summed E-state index contributed by atoms with van der Waals surface area (Å²) in [6.07, 6.45) is 1.72. The van der Waals surface area contributed by atoms with Crippen LogP contribution in [0.2, 0.25) is 0 Å². The van der Waals surface area contributed by atoms with Gasteiger partial charge in [0.05, 0.1) is 5.75 Å². The van der Waals surface area contributed by atoms with Crippen molar-refractivity contribution < 1.29 is 13.5 Å². The first-order chi connectivity index (χ1) is 7.72. The van der Waals surface area contributed by atoms with Gasteiger partial charge in [-0.25, -0.2) is 8.42 Å². The first kappa shape index (κ1) is 16.9. The van der Waals surface area contributed by atoms with Crippen LogP contribution < -0.4 is 5.32 Å². The van der Waals surface area contributed by atoms with Gasteiger partial charge in [0, 0.05) is 24.9 Å². The van der Waals surface area contributed by atoms with Crippen molar-refractivity contribution >= 4 is 9.84 Å². The van der Waals surface area contributed by atoms with Crippen LogP contribution in [-0.2, 0) is 9.84 Å². The topological polar surface area (TPSA) is 66.4 Å². The maximum absolute atomic E-state index is 11.4. The molecule has 17 heavy (non-hydrogen) atoms. The van der Waals surface area contributed by atoms with Crippen LogP contribution in [-0.4, -0.2) is 44.2 Å². The molecule has 0 saturated carbocycles. The normalized spacial score (nSPS) is 14.9. The van der Waals surface area contributed by atoms with Crippen LogP contribution in [0.25, 0.3) is 0 Å². The molecular formula is C12H27NO3S. The standard InChI is InChI=1S/C12H27NO3S/c1-5-17(15,16)9-11(2)13-10-12(3,4)7-6-8-14/h11,13-14H,5-10H2,1-4H3. The highest BCUT2D eigenvalue weighted by Gasteiger charge is 2.20. The van der Waals surface area contributed by atoms with Gasteiger partial charge in [0.1, 0.15) is 0 Å². The SMILES string of the molecule is CCS(=O)(=O)CC(C)NCC(C)(C)CCCO. The lowest BCUT2D eigenvalue weighted by Crippen LogP contribution is -2.39. The summed E-state index contributed by atoms with van der Waals surface area (Å²) in [5, 5.41) is 12.1. The summed E-state index contributed by atoms with van der Waals surface area (Å²) >= 11 is 0. The highest BCUT2D eigenvalue weighted by Crippen LogP contribution is 2.20. The highest BCUT2D eigenvalue weighted by atomic mass is 32.2. The molecule has 0 saturated heterocycles. The summed E-state index contributed by atoms with van der Waals surface area (Å²) in [4.78, 5) is 0. The molecule has 0 aromatic carbocycles. The van der Waals surface area contributed by atoms with Gasteiger partial charge in [0.2, 0.25) is 0 Å². The molecule has 1 unspecified atom stereocenters. The van der Waals surface area contributed by atoms with Crippen molar-refractivity contribution in [2.24, 2.45) is 5.41 Å². The molecule has 0 fully saturated rings. The number of aliphatic hydroxyl groups excluding tert-OH is 1. The number of nitrogens with one attached hydrogen (secondary N) is 1. The Morgan fingerprint density at radius 3 is 2.41 bits per heavy atom. The van der Waals surface area contributed by atoms with E-state index in [-0.39, 0.29) is 29.6 Å². The van der Waals surface area contributed by atoms with E-state index in [1.165, 1.54) is 0 Å². The molecule has 0 aromatic heterocycles. The molecule has 0 aromatic rings. The highest BCUT2D eigenvalue weighted by molar-refractivity contribution is 7.91. The lowest BCUT2D eigenvalue weighted by Gasteiger charge is -2.27. The predicted octanol–water partition coefficient (Wildman–Crippen LogP) is 1.20. The van der Waals surface area contributed by atoms with Crippen molar-refractivity contribution in [3.8, 4) is 0 Å². The van der Waals surface area contributed by atoms with E-state index in [9.17, 15) is 8.42 Å². The van der Waals surface area contributed by atoms with Crippen LogP contribution in [0.1, 0.15) is 40.5 Å². The van der Waals surface area contributed by atoms with Gasteiger partial charge < -0.3 is 10.4 Å². The van der Waals surface area contributed by atoms with Gasteiger partial charge in [-0.2, -0.15) is 0 Å². The Bertz CT molecular complexity index is 299. The minimum absolute atomic E-state index is 0.0200. The van der Waals surface area contributed by atoms with E-state index in [1.54, 1.807) is 6.92 Å². The first-order valence-corrected chi connectivity index (χ1v) is 8.09. The van der Waals surface area contributed by atoms with Gasteiger partial charge in [0.25, 0.3) is 0 Å². The maximum Gasteiger partial charge on any atom is 0.151 e. The van der Waals surface area contributed by atoms with E-state index in [4.69, 9.17) is 5.11 Å². The summed E-state index contributed by atoms with van der Waals surface area (Å²) in [7, 11) is -2.91. The van der Waals surface area contributed by atoms with E-state index in [2.05, 4.69) is 19.2 Å². The molecule has 4 nitrogen and oxygen atoms in total. The maximum atomic E-state index is 11.4. The van der Waals surface area contributed by atoms with Crippen molar-refractivity contribution in [1.29, 1.82) is 0 Å². The van der Waals surface area contributed by atoms with Crippen molar-refractivity contribution in [2.75, 3.05) is 24.7 Å². The molecule has 0 spiro atoms. The van der Waals surface area contributed by atoms with E-state index in [1.807, 2.05) is 6.92 Å². The zero-order valence-electron chi connectivity index (χ0n) is 11.5. The zero-order valence-corrected chi connectivity index (χ0v) is 12.3. The predicted molar refractivity (Wildman–Crippen MR) is 71.9 cm³/mol. The Balaban J connectivity index is 4.02. The Kier molecular flexibility index (Phi) is 7.28. The quantitative estimate of drug-likeness (QED) is 0.657. The second-order valence-corrected chi connectivity index (χ2v) is 7.87. The fourth-order valence-corrected chi connectivity index (χ4v) is 2.77. The van der Waals surface area contributed by atoms with Crippen LogP contribution in [0.4, 0.5) is 0 Å². The fraction of sp³-hybridized carbons (Fsp3) is 1.00. The second kappa shape index (κ2) is 7.34. The van der Waals surface area contributed by atoms with Gasteiger partial charge in [-0.3, -0.25) is 0 Å². The van der Waals surface area contributed by atoms with Crippen LogP contribution in [0, 0.1) is 5.41 Å². The molecule has 0 aliphatic carbocycles. The molecule has 0 aliphatic rings. The molecule has 0 amide bonds. The summed E-state index contributed by atoms with van der Waals surface area (Å²) in [6, 6.07) is -0.0200. The van der Waals surface area contributed by atoms with E-state index in [0.717, 1.165) is 19.4 Å². The lowest BCUT2D eigenvalue weighted by molar-refractivity contribution is 0.234. The van der Waals surface area contributed by atoms with E-state index >= 15 is 0 Å². The molecule has 0 radical (unpaired) electrons.